The second-order valence-electron chi connectivity index (χ2n) is 4.24. The number of H-pyrrole nitrogens is 1. The van der Waals surface area contributed by atoms with Gasteiger partial charge in [0.25, 0.3) is 5.91 Å². The van der Waals surface area contributed by atoms with Gasteiger partial charge in [0.2, 0.25) is 5.91 Å². The summed E-state index contributed by atoms with van der Waals surface area (Å²) in [4.78, 5) is 25.3. The lowest BCUT2D eigenvalue weighted by molar-refractivity contribution is -0.133. The summed E-state index contributed by atoms with van der Waals surface area (Å²) in [6, 6.07) is 1.60. The van der Waals surface area contributed by atoms with E-state index in [2.05, 4.69) is 15.5 Å². The zero-order valence-electron chi connectivity index (χ0n) is 9.28. The van der Waals surface area contributed by atoms with Gasteiger partial charge in [-0.25, -0.2) is 0 Å². The molecule has 0 radical (unpaired) electrons. The molecule has 0 aliphatic carbocycles. The summed E-state index contributed by atoms with van der Waals surface area (Å²) >= 11 is 0. The van der Waals surface area contributed by atoms with Crippen molar-refractivity contribution in [1.82, 2.24) is 20.4 Å². The van der Waals surface area contributed by atoms with Crippen molar-refractivity contribution in [2.24, 2.45) is 0 Å². The van der Waals surface area contributed by atoms with E-state index in [1.807, 2.05) is 0 Å². The number of aromatic amines is 1. The van der Waals surface area contributed by atoms with Gasteiger partial charge in [0.15, 0.2) is 0 Å². The van der Waals surface area contributed by atoms with Gasteiger partial charge in [-0.2, -0.15) is 5.10 Å². The number of aromatic nitrogens is 2. The number of nitrogens with zero attached hydrogens (tertiary/aromatic N) is 2. The molecule has 1 aromatic heterocycles. The van der Waals surface area contributed by atoms with Crippen LogP contribution in [0.3, 0.4) is 0 Å². The van der Waals surface area contributed by atoms with Crippen molar-refractivity contribution >= 4 is 11.8 Å². The van der Waals surface area contributed by atoms with Crippen LogP contribution in [0.4, 0.5) is 0 Å². The Morgan fingerprint density at radius 1 is 1.56 bits per heavy atom. The Morgan fingerprint density at radius 2 is 2.31 bits per heavy atom. The minimum atomic E-state index is -0.819. The van der Waals surface area contributed by atoms with Gasteiger partial charge in [-0.1, -0.05) is 0 Å². The Balaban J connectivity index is 2.26. The van der Waals surface area contributed by atoms with Gasteiger partial charge in [-0.3, -0.25) is 14.7 Å². The fourth-order valence-electron chi connectivity index (χ4n) is 1.78. The smallest absolute Gasteiger partial charge is 0.272 e. The topological polar surface area (TPSA) is 78.1 Å². The van der Waals surface area contributed by atoms with Gasteiger partial charge < -0.3 is 10.2 Å². The maximum Gasteiger partial charge on any atom is 0.272 e. The Morgan fingerprint density at radius 3 is 2.94 bits per heavy atom. The van der Waals surface area contributed by atoms with Crippen LogP contribution < -0.4 is 5.32 Å². The first-order valence-electron chi connectivity index (χ1n) is 5.13. The van der Waals surface area contributed by atoms with E-state index in [4.69, 9.17) is 0 Å². The Bertz CT molecular complexity index is 410. The van der Waals surface area contributed by atoms with E-state index in [1.54, 1.807) is 24.8 Å². The Hall–Kier alpha value is -1.85. The third kappa shape index (κ3) is 1.56. The monoisotopic (exact) mass is 222 g/mol. The highest BCUT2D eigenvalue weighted by molar-refractivity contribution is 5.98. The number of carbonyl (C=O) groups is 2. The van der Waals surface area contributed by atoms with Gasteiger partial charge >= 0.3 is 0 Å². The molecule has 0 bridgehead atoms. The van der Waals surface area contributed by atoms with Crippen LogP contribution in [0, 0.1) is 0 Å². The van der Waals surface area contributed by atoms with E-state index in [1.165, 1.54) is 6.20 Å². The van der Waals surface area contributed by atoms with Crippen molar-refractivity contribution in [3.63, 3.8) is 0 Å². The highest BCUT2D eigenvalue weighted by atomic mass is 16.2. The molecule has 2 amide bonds. The SMILES string of the molecule is CC1(C)C(=O)NCCN1C(=O)c1ccn[nH]1. The van der Waals surface area contributed by atoms with E-state index in [0.717, 1.165) is 0 Å². The second kappa shape index (κ2) is 3.62. The molecular formula is C10H14N4O2. The second-order valence-corrected chi connectivity index (χ2v) is 4.24. The fraction of sp³-hybridized carbons (Fsp3) is 0.500. The van der Waals surface area contributed by atoms with Crippen molar-refractivity contribution in [1.29, 1.82) is 0 Å². The van der Waals surface area contributed by atoms with Gasteiger partial charge in [-0.05, 0) is 19.9 Å². The van der Waals surface area contributed by atoms with Crippen LogP contribution in [0.15, 0.2) is 12.3 Å². The van der Waals surface area contributed by atoms with Crippen LogP contribution in [-0.2, 0) is 4.79 Å². The summed E-state index contributed by atoms with van der Waals surface area (Å²) in [5, 5.41) is 9.09. The molecule has 1 aliphatic rings. The van der Waals surface area contributed by atoms with E-state index in [0.29, 0.717) is 18.8 Å². The molecule has 0 unspecified atom stereocenters. The lowest BCUT2D eigenvalue weighted by Gasteiger charge is -2.40. The molecule has 2 heterocycles. The average Bonchev–Trinajstić information content (AvgIpc) is 2.74. The zero-order chi connectivity index (χ0) is 11.8. The fourth-order valence-corrected chi connectivity index (χ4v) is 1.78. The van der Waals surface area contributed by atoms with E-state index in [-0.39, 0.29) is 11.8 Å². The molecule has 1 fully saturated rings. The minimum absolute atomic E-state index is 0.133. The van der Waals surface area contributed by atoms with E-state index in [9.17, 15) is 9.59 Å². The van der Waals surface area contributed by atoms with E-state index < -0.39 is 5.54 Å². The summed E-state index contributed by atoms with van der Waals surface area (Å²) in [6.45, 7) is 4.46. The van der Waals surface area contributed by atoms with Gasteiger partial charge in [0, 0.05) is 19.3 Å². The molecule has 6 heteroatoms. The molecule has 0 spiro atoms. The Labute approximate surface area is 93.0 Å². The number of hydrogen-bond donors (Lipinski definition) is 2. The maximum atomic E-state index is 12.1. The first kappa shape index (κ1) is 10.7. The highest BCUT2D eigenvalue weighted by Gasteiger charge is 2.40. The predicted molar refractivity (Wildman–Crippen MR) is 56.7 cm³/mol. The van der Waals surface area contributed by atoms with Crippen LogP contribution in [-0.4, -0.2) is 45.5 Å². The van der Waals surface area contributed by atoms with Gasteiger partial charge in [0.1, 0.15) is 11.2 Å². The molecule has 0 saturated carbocycles. The first-order chi connectivity index (χ1) is 7.53. The van der Waals surface area contributed by atoms with E-state index >= 15 is 0 Å². The lowest BCUT2D eigenvalue weighted by atomic mass is 9.98. The van der Waals surface area contributed by atoms with Crippen molar-refractivity contribution in [2.75, 3.05) is 13.1 Å². The van der Waals surface area contributed by atoms with Crippen LogP contribution in [0.5, 0.6) is 0 Å². The number of carbonyl (C=O) groups excluding carboxylic acids is 2. The summed E-state index contributed by atoms with van der Waals surface area (Å²) in [5.74, 6) is -0.330. The third-order valence-electron chi connectivity index (χ3n) is 2.83. The summed E-state index contributed by atoms with van der Waals surface area (Å²) in [6.07, 6.45) is 1.52. The standard InChI is InChI=1S/C10H14N4O2/c1-10(2)9(16)11-5-6-14(10)8(15)7-3-4-12-13-7/h3-4H,5-6H2,1-2H3,(H,11,16)(H,12,13). The molecule has 6 nitrogen and oxygen atoms in total. The van der Waals surface area contributed by atoms with Gasteiger partial charge in [0.05, 0.1) is 0 Å². The van der Waals surface area contributed by atoms with Crippen LogP contribution >= 0.6 is 0 Å². The molecule has 2 rings (SSSR count). The molecule has 1 aliphatic heterocycles. The zero-order valence-corrected chi connectivity index (χ0v) is 9.28. The predicted octanol–water partition coefficient (Wildman–Crippen LogP) is -0.240. The van der Waals surface area contributed by atoms with Crippen molar-refractivity contribution in [2.45, 2.75) is 19.4 Å². The molecule has 0 atom stereocenters. The van der Waals surface area contributed by atoms with Crippen LogP contribution in [0.25, 0.3) is 0 Å². The molecule has 0 aromatic carbocycles. The van der Waals surface area contributed by atoms with Crippen LogP contribution in [0.2, 0.25) is 0 Å². The molecule has 1 aromatic rings. The van der Waals surface area contributed by atoms with Crippen LogP contribution in [0.1, 0.15) is 24.3 Å². The number of rotatable bonds is 1. The average molecular weight is 222 g/mol. The highest BCUT2D eigenvalue weighted by Crippen LogP contribution is 2.19. The molecule has 1 saturated heterocycles. The Kier molecular flexibility index (Phi) is 2.41. The molecule has 16 heavy (non-hydrogen) atoms. The number of piperazine rings is 1. The van der Waals surface area contributed by atoms with Crippen molar-refractivity contribution in [3.8, 4) is 0 Å². The molecular weight excluding hydrogens is 208 g/mol. The normalized spacial score (nSPS) is 19.4. The first-order valence-corrected chi connectivity index (χ1v) is 5.13. The number of nitrogens with one attached hydrogen (secondary N) is 2. The van der Waals surface area contributed by atoms with Crippen molar-refractivity contribution < 1.29 is 9.59 Å². The third-order valence-corrected chi connectivity index (χ3v) is 2.83. The quantitative estimate of drug-likeness (QED) is 0.688. The minimum Gasteiger partial charge on any atom is -0.352 e. The largest absolute Gasteiger partial charge is 0.352 e. The summed E-state index contributed by atoms with van der Waals surface area (Å²) < 4.78 is 0. The summed E-state index contributed by atoms with van der Waals surface area (Å²) in [5.41, 5.74) is -0.414. The lowest BCUT2D eigenvalue weighted by Crippen LogP contribution is -2.63. The summed E-state index contributed by atoms with van der Waals surface area (Å²) in [7, 11) is 0. The van der Waals surface area contributed by atoms with Crippen molar-refractivity contribution in [3.05, 3.63) is 18.0 Å². The number of hydrogen-bond acceptors (Lipinski definition) is 3. The molecule has 2 N–H and O–H groups in total. The van der Waals surface area contributed by atoms with Gasteiger partial charge in [-0.15, -0.1) is 0 Å². The maximum absolute atomic E-state index is 12.1. The number of amides is 2. The molecule has 86 valence electrons.